The van der Waals surface area contributed by atoms with Crippen LogP contribution in [0.5, 0.6) is 11.5 Å². The highest BCUT2D eigenvalue weighted by Crippen LogP contribution is 2.35. The van der Waals surface area contributed by atoms with Gasteiger partial charge in [0, 0.05) is 11.1 Å². The number of nitrogens with two attached hydrogens (primary N) is 1. The van der Waals surface area contributed by atoms with Crippen molar-refractivity contribution in [2.45, 2.75) is 4.90 Å². The van der Waals surface area contributed by atoms with Crippen molar-refractivity contribution in [3.8, 4) is 11.5 Å². The summed E-state index contributed by atoms with van der Waals surface area (Å²) in [5.74, 6) is 0.722. The minimum absolute atomic E-state index is 0.0688. The van der Waals surface area contributed by atoms with Crippen LogP contribution in [-0.2, 0) is 10.0 Å². The standard InChI is InChI=1S/C13H12BrClN2O3S/c1-17-21(18,19)9-3-4-11(16)13(7-9)20-12-5-2-8(15)6-10(12)14/h2-7,17H,16H2,1H3. The van der Waals surface area contributed by atoms with E-state index in [0.29, 0.717) is 20.9 Å². The van der Waals surface area contributed by atoms with E-state index in [4.69, 9.17) is 22.1 Å². The van der Waals surface area contributed by atoms with Gasteiger partial charge in [-0.3, -0.25) is 0 Å². The Kier molecular flexibility index (Phi) is 4.77. The van der Waals surface area contributed by atoms with Gasteiger partial charge in [-0.05, 0) is 53.3 Å². The summed E-state index contributed by atoms with van der Waals surface area (Å²) in [6.45, 7) is 0. The highest BCUT2D eigenvalue weighted by Gasteiger charge is 2.15. The molecule has 0 saturated carbocycles. The second-order valence-electron chi connectivity index (χ2n) is 4.08. The maximum absolute atomic E-state index is 11.8. The molecular weight excluding hydrogens is 380 g/mol. The fourth-order valence-electron chi connectivity index (χ4n) is 1.56. The van der Waals surface area contributed by atoms with Crippen molar-refractivity contribution in [2.24, 2.45) is 0 Å². The molecule has 0 atom stereocenters. The molecule has 0 aromatic heterocycles. The van der Waals surface area contributed by atoms with Crippen molar-refractivity contribution < 1.29 is 13.2 Å². The molecular formula is C13H12BrClN2O3S. The number of nitrogens with one attached hydrogen (secondary N) is 1. The number of hydrogen-bond donors (Lipinski definition) is 2. The smallest absolute Gasteiger partial charge is 0.240 e. The molecule has 0 amide bonds. The van der Waals surface area contributed by atoms with Gasteiger partial charge in [-0.1, -0.05) is 11.6 Å². The van der Waals surface area contributed by atoms with Crippen LogP contribution in [-0.4, -0.2) is 15.5 Å². The third-order valence-electron chi connectivity index (χ3n) is 2.68. The van der Waals surface area contributed by atoms with E-state index < -0.39 is 10.0 Å². The summed E-state index contributed by atoms with van der Waals surface area (Å²) in [6, 6.07) is 9.23. The van der Waals surface area contributed by atoms with Crippen LogP contribution in [0.25, 0.3) is 0 Å². The number of halogens is 2. The lowest BCUT2D eigenvalue weighted by Crippen LogP contribution is -2.18. The molecule has 2 rings (SSSR count). The van der Waals surface area contributed by atoms with Crippen LogP contribution in [0, 0.1) is 0 Å². The van der Waals surface area contributed by atoms with Gasteiger partial charge < -0.3 is 10.5 Å². The number of anilines is 1. The zero-order chi connectivity index (χ0) is 15.6. The quantitative estimate of drug-likeness (QED) is 0.783. The first-order valence-electron chi connectivity index (χ1n) is 5.79. The van der Waals surface area contributed by atoms with E-state index >= 15 is 0 Å². The van der Waals surface area contributed by atoms with Crippen LogP contribution in [0.15, 0.2) is 45.8 Å². The van der Waals surface area contributed by atoms with Crippen molar-refractivity contribution >= 4 is 43.2 Å². The molecule has 0 fully saturated rings. The number of benzene rings is 2. The molecule has 2 aromatic rings. The Morgan fingerprint density at radius 3 is 2.52 bits per heavy atom. The van der Waals surface area contributed by atoms with Crippen LogP contribution < -0.4 is 15.2 Å². The van der Waals surface area contributed by atoms with Crippen LogP contribution in [0.2, 0.25) is 5.02 Å². The number of rotatable bonds is 4. The molecule has 5 nitrogen and oxygen atoms in total. The molecule has 0 bridgehead atoms. The Hall–Kier alpha value is -1.28. The van der Waals surface area contributed by atoms with Crippen LogP contribution in [0.4, 0.5) is 5.69 Å². The third-order valence-corrected chi connectivity index (χ3v) is 4.94. The van der Waals surface area contributed by atoms with Gasteiger partial charge in [-0.2, -0.15) is 0 Å². The predicted octanol–water partition coefficient (Wildman–Crippen LogP) is 3.39. The molecule has 0 saturated heterocycles. The van der Waals surface area contributed by atoms with Gasteiger partial charge in [-0.25, -0.2) is 13.1 Å². The Balaban J connectivity index is 2.42. The summed E-state index contributed by atoms with van der Waals surface area (Å²) < 4.78 is 32.1. The second-order valence-corrected chi connectivity index (χ2v) is 7.26. The summed E-state index contributed by atoms with van der Waals surface area (Å²) in [5, 5.41) is 0.550. The lowest BCUT2D eigenvalue weighted by molar-refractivity contribution is 0.480. The Bertz CT molecular complexity index is 781. The van der Waals surface area contributed by atoms with Gasteiger partial charge in [0.25, 0.3) is 0 Å². The summed E-state index contributed by atoms with van der Waals surface area (Å²) in [6.07, 6.45) is 0. The normalized spacial score (nSPS) is 11.4. The van der Waals surface area contributed by atoms with Crippen LogP contribution in [0.3, 0.4) is 0 Å². The van der Waals surface area contributed by atoms with Crippen molar-refractivity contribution in [3.63, 3.8) is 0 Å². The fourth-order valence-corrected chi connectivity index (χ4v) is 3.07. The molecule has 0 unspecified atom stereocenters. The summed E-state index contributed by atoms with van der Waals surface area (Å²) in [4.78, 5) is 0.0688. The van der Waals surface area contributed by atoms with Crippen molar-refractivity contribution in [1.29, 1.82) is 0 Å². The molecule has 0 spiro atoms. The van der Waals surface area contributed by atoms with Crippen molar-refractivity contribution in [1.82, 2.24) is 4.72 Å². The fraction of sp³-hybridized carbons (Fsp3) is 0.0769. The molecule has 0 heterocycles. The highest BCUT2D eigenvalue weighted by molar-refractivity contribution is 9.10. The minimum Gasteiger partial charge on any atom is -0.454 e. The van der Waals surface area contributed by atoms with E-state index in [-0.39, 0.29) is 10.6 Å². The van der Waals surface area contributed by atoms with E-state index in [1.807, 2.05) is 0 Å². The summed E-state index contributed by atoms with van der Waals surface area (Å²) >= 11 is 9.18. The minimum atomic E-state index is -3.56. The van der Waals surface area contributed by atoms with Crippen LogP contribution in [0.1, 0.15) is 0 Å². The molecule has 0 aliphatic rings. The van der Waals surface area contributed by atoms with E-state index in [1.54, 1.807) is 18.2 Å². The molecule has 21 heavy (non-hydrogen) atoms. The molecule has 0 aliphatic heterocycles. The van der Waals surface area contributed by atoms with E-state index in [1.165, 1.54) is 25.2 Å². The molecule has 0 aliphatic carbocycles. The maximum Gasteiger partial charge on any atom is 0.240 e. The molecule has 2 aromatic carbocycles. The maximum atomic E-state index is 11.8. The average Bonchev–Trinajstić information content (AvgIpc) is 2.43. The zero-order valence-electron chi connectivity index (χ0n) is 10.9. The first kappa shape index (κ1) is 16.1. The predicted molar refractivity (Wildman–Crippen MR) is 86.3 cm³/mol. The summed E-state index contributed by atoms with van der Waals surface area (Å²) in [5.41, 5.74) is 6.15. The van der Waals surface area contributed by atoms with Gasteiger partial charge in [0.05, 0.1) is 15.1 Å². The molecule has 8 heteroatoms. The SMILES string of the molecule is CNS(=O)(=O)c1ccc(N)c(Oc2ccc(Cl)cc2Br)c1. The summed E-state index contributed by atoms with van der Waals surface area (Å²) in [7, 11) is -2.23. The van der Waals surface area contributed by atoms with Gasteiger partial charge in [0.1, 0.15) is 5.75 Å². The lowest BCUT2D eigenvalue weighted by Gasteiger charge is -2.12. The van der Waals surface area contributed by atoms with Crippen molar-refractivity contribution in [2.75, 3.05) is 12.8 Å². The van der Waals surface area contributed by atoms with Crippen molar-refractivity contribution in [3.05, 3.63) is 45.9 Å². The third kappa shape index (κ3) is 3.68. The van der Waals surface area contributed by atoms with Crippen LogP contribution >= 0.6 is 27.5 Å². The number of hydrogen-bond acceptors (Lipinski definition) is 4. The average molecular weight is 392 g/mol. The molecule has 3 N–H and O–H groups in total. The monoisotopic (exact) mass is 390 g/mol. The lowest BCUT2D eigenvalue weighted by atomic mass is 10.3. The molecule has 112 valence electrons. The number of ether oxygens (including phenoxy) is 1. The Morgan fingerprint density at radius 1 is 1.19 bits per heavy atom. The molecule has 0 radical (unpaired) electrons. The first-order chi connectivity index (χ1) is 9.83. The first-order valence-corrected chi connectivity index (χ1v) is 8.45. The van der Waals surface area contributed by atoms with Gasteiger partial charge in [0.2, 0.25) is 10.0 Å². The largest absolute Gasteiger partial charge is 0.454 e. The second kappa shape index (κ2) is 6.23. The van der Waals surface area contributed by atoms with E-state index in [0.717, 1.165) is 0 Å². The highest BCUT2D eigenvalue weighted by atomic mass is 79.9. The van der Waals surface area contributed by atoms with E-state index in [2.05, 4.69) is 20.7 Å². The van der Waals surface area contributed by atoms with Gasteiger partial charge in [0.15, 0.2) is 5.75 Å². The van der Waals surface area contributed by atoms with E-state index in [9.17, 15) is 8.42 Å². The zero-order valence-corrected chi connectivity index (χ0v) is 14.1. The number of sulfonamides is 1. The Labute approximate surface area is 136 Å². The Morgan fingerprint density at radius 2 is 1.90 bits per heavy atom. The number of nitrogen functional groups attached to an aromatic ring is 1. The van der Waals surface area contributed by atoms with Gasteiger partial charge >= 0.3 is 0 Å². The topological polar surface area (TPSA) is 81.4 Å². The van der Waals surface area contributed by atoms with Gasteiger partial charge in [-0.15, -0.1) is 0 Å².